The lowest BCUT2D eigenvalue weighted by Gasteiger charge is -2.30. The molecule has 0 aliphatic carbocycles. The van der Waals surface area contributed by atoms with Crippen LogP contribution >= 0.6 is 0 Å². The number of hydrogen-bond acceptors (Lipinski definition) is 6. The Morgan fingerprint density at radius 2 is 1.73 bits per heavy atom. The maximum atomic E-state index is 12.5. The van der Waals surface area contributed by atoms with Crippen LogP contribution in [0.25, 0.3) is 0 Å². The highest BCUT2D eigenvalue weighted by Crippen LogP contribution is 2.22. The molecule has 0 bridgehead atoms. The first-order chi connectivity index (χ1) is 10.5. The van der Waals surface area contributed by atoms with Crippen molar-refractivity contribution in [3.8, 4) is 0 Å². The van der Waals surface area contributed by atoms with E-state index in [9.17, 15) is 9.59 Å². The predicted molar refractivity (Wildman–Crippen MR) is 80.8 cm³/mol. The lowest BCUT2D eigenvalue weighted by Crippen LogP contribution is -2.45. The van der Waals surface area contributed by atoms with Crippen LogP contribution in [0.5, 0.6) is 0 Å². The average Bonchev–Trinajstić information content (AvgIpc) is 2.75. The van der Waals surface area contributed by atoms with E-state index >= 15 is 0 Å². The molecule has 2 amide bonds. The van der Waals surface area contributed by atoms with Crippen molar-refractivity contribution in [1.82, 2.24) is 19.9 Å². The molecule has 1 aromatic heterocycles. The van der Waals surface area contributed by atoms with Gasteiger partial charge in [0.05, 0.1) is 6.42 Å². The molecule has 2 aliphatic heterocycles. The van der Waals surface area contributed by atoms with E-state index in [1.54, 1.807) is 0 Å². The number of piperidine rings is 1. The van der Waals surface area contributed by atoms with Crippen LogP contribution in [-0.2, 0) is 9.59 Å². The van der Waals surface area contributed by atoms with E-state index in [0.717, 1.165) is 42.3 Å². The number of rotatable bonds is 3. The first-order valence-corrected chi connectivity index (χ1v) is 7.74. The quantitative estimate of drug-likeness (QED) is 0.840. The third-order valence-corrected chi connectivity index (χ3v) is 4.15. The summed E-state index contributed by atoms with van der Waals surface area (Å²) >= 11 is 0. The van der Waals surface area contributed by atoms with Gasteiger partial charge in [-0.15, -0.1) is 0 Å². The van der Waals surface area contributed by atoms with E-state index in [2.05, 4.69) is 20.3 Å². The topological polar surface area (TPSA) is 78.4 Å². The van der Waals surface area contributed by atoms with Gasteiger partial charge in [0.1, 0.15) is 6.04 Å². The fraction of sp³-hybridized carbons (Fsp3) is 0.600. The number of amides is 2. The summed E-state index contributed by atoms with van der Waals surface area (Å²) in [5, 5.41) is 1.08. The highest BCUT2D eigenvalue weighted by Gasteiger charge is 2.42. The summed E-state index contributed by atoms with van der Waals surface area (Å²) in [6.45, 7) is 5.48. The molecule has 2 fully saturated rings. The Morgan fingerprint density at radius 3 is 2.36 bits per heavy atom. The highest BCUT2D eigenvalue weighted by atomic mass is 16.2. The van der Waals surface area contributed by atoms with Crippen LogP contribution in [0.15, 0.2) is 6.07 Å². The second kappa shape index (κ2) is 6.00. The number of imide groups is 1. The van der Waals surface area contributed by atoms with Crippen LogP contribution in [0.4, 0.5) is 5.95 Å². The Labute approximate surface area is 129 Å². The van der Waals surface area contributed by atoms with Crippen LogP contribution < -0.4 is 5.43 Å². The maximum absolute atomic E-state index is 12.5. The van der Waals surface area contributed by atoms with Crippen molar-refractivity contribution in [3.63, 3.8) is 0 Å². The van der Waals surface area contributed by atoms with E-state index in [4.69, 9.17) is 0 Å². The fourth-order valence-corrected chi connectivity index (χ4v) is 3.12. The summed E-state index contributed by atoms with van der Waals surface area (Å²) < 4.78 is 0. The van der Waals surface area contributed by atoms with Crippen LogP contribution in [0, 0.1) is 13.8 Å². The molecule has 3 heterocycles. The predicted octanol–water partition coefficient (Wildman–Crippen LogP) is 1.03. The Morgan fingerprint density at radius 1 is 1.09 bits per heavy atom. The number of carbonyl (C=O) groups is 2. The molecule has 2 aliphatic rings. The van der Waals surface area contributed by atoms with Crippen molar-refractivity contribution in [1.29, 1.82) is 0 Å². The first-order valence-electron chi connectivity index (χ1n) is 7.74. The van der Waals surface area contributed by atoms with E-state index in [1.165, 1.54) is 6.42 Å². The zero-order valence-electron chi connectivity index (χ0n) is 13.0. The van der Waals surface area contributed by atoms with E-state index in [0.29, 0.717) is 5.95 Å². The van der Waals surface area contributed by atoms with Gasteiger partial charge in [-0.2, -0.15) is 5.01 Å². The molecule has 7 heteroatoms. The van der Waals surface area contributed by atoms with E-state index < -0.39 is 0 Å². The second-order valence-electron chi connectivity index (χ2n) is 5.97. The zero-order chi connectivity index (χ0) is 15.7. The molecular formula is C15H21N5O2. The van der Waals surface area contributed by atoms with Crippen LogP contribution in [0.1, 0.15) is 37.1 Å². The molecule has 3 rings (SSSR count). The largest absolute Gasteiger partial charge is 0.291 e. The summed E-state index contributed by atoms with van der Waals surface area (Å²) in [7, 11) is 0. The number of likely N-dealkylation sites (tertiary alicyclic amines) is 1. The zero-order valence-corrected chi connectivity index (χ0v) is 13.0. The summed E-state index contributed by atoms with van der Waals surface area (Å²) in [5.41, 5.74) is 4.36. The second-order valence-corrected chi connectivity index (χ2v) is 5.97. The standard InChI is InChI=1S/C15H21N5O2/c1-10-8-11(2)17-15(16-10)18-20-13(21)9-12(14(20)22)19-6-4-3-5-7-19/h8,12H,3-7,9H2,1-2H3,(H,16,17,18)/t12-/m1/s1. The van der Waals surface area contributed by atoms with Gasteiger partial charge in [-0.25, -0.2) is 9.97 Å². The van der Waals surface area contributed by atoms with Crippen LogP contribution in [0.3, 0.4) is 0 Å². The van der Waals surface area contributed by atoms with Gasteiger partial charge in [-0.1, -0.05) is 6.42 Å². The summed E-state index contributed by atoms with van der Waals surface area (Å²) in [5.74, 6) is -0.128. The first kappa shape index (κ1) is 14.9. The van der Waals surface area contributed by atoms with Crippen LogP contribution in [0.2, 0.25) is 0 Å². The maximum Gasteiger partial charge on any atom is 0.266 e. The summed E-state index contributed by atoms with van der Waals surface area (Å²) in [6, 6.07) is 1.50. The Bertz CT molecular complexity index is 577. The number of aromatic nitrogens is 2. The number of aryl methyl sites for hydroxylation is 2. The van der Waals surface area contributed by atoms with Gasteiger partial charge in [0.2, 0.25) is 11.9 Å². The van der Waals surface area contributed by atoms with Gasteiger partial charge in [-0.3, -0.25) is 19.9 Å². The Kier molecular flexibility index (Phi) is 4.06. The monoisotopic (exact) mass is 303 g/mol. The lowest BCUT2D eigenvalue weighted by molar-refractivity contribution is -0.138. The fourth-order valence-electron chi connectivity index (χ4n) is 3.12. The number of hydrogen-bond donors (Lipinski definition) is 1. The molecule has 22 heavy (non-hydrogen) atoms. The molecule has 2 saturated heterocycles. The Balaban J connectivity index is 1.73. The third-order valence-electron chi connectivity index (χ3n) is 4.15. The number of carbonyl (C=O) groups excluding carboxylic acids is 2. The molecule has 0 unspecified atom stereocenters. The molecule has 0 radical (unpaired) electrons. The summed E-state index contributed by atoms with van der Waals surface area (Å²) in [6.07, 6.45) is 3.61. The van der Waals surface area contributed by atoms with Crippen molar-refractivity contribution in [2.24, 2.45) is 0 Å². The van der Waals surface area contributed by atoms with Crippen molar-refractivity contribution in [2.75, 3.05) is 18.5 Å². The number of nitrogens with one attached hydrogen (secondary N) is 1. The minimum absolute atomic E-state index is 0.199. The van der Waals surface area contributed by atoms with Crippen molar-refractivity contribution in [3.05, 3.63) is 17.5 Å². The SMILES string of the molecule is Cc1cc(C)nc(NN2C(=O)C[C@@H](N3CCCCC3)C2=O)n1. The molecule has 118 valence electrons. The molecule has 1 N–H and O–H groups in total. The number of hydrazine groups is 1. The van der Waals surface area contributed by atoms with Crippen LogP contribution in [-0.4, -0.2) is 50.8 Å². The molecular weight excluding hydrogens is 282 g/mol. The van der Waals surface area contributed by atoms with Gasteiger partial charge in [0.25, 0.3) is 5.91 Å². The molecule has 0 spiro atoms. The van der Waals surface area contributed by atoms with Crippen molar-refractivity contribution < 1.29 is 9.59 Å². The highest BCUT2D eigenvalue weighted by molar-refractivity contribution is 6.06. The number of anilines is 1. The molecule has 1 aromatic rings. The summed E-state index contributed by atoms with van der Waals surface area (Å²) in [4.78, 5) is 35.3. The smallest absolute Gasteiger partial charge is 0.266 e. The molecule has 7 nitrogen and oxygen atoms in total. The Hall–Kier alpha value is -2.02. The van der Waals surface area contributed by atoms with E-state index in [-0.39, 0.29) is 24.3 Å². The number of nitrogens with zero attached hydrogens (tertiary/aromatic N) is 4. The van der Waals surface area contributed by atoms with Gasteiger partial charge in [0, 0.05) is 11.4 Å². The third kappa shape index (κ3) is 2.94. The van der Waals surface area contributed by atoms with Crippen molar-refractivity contribution >= 4 is 17.8 Å². The van der Waals surface area contributed by atoms with Gasteiger partial charge in [0.15, 0.2) is 0 Å². The van der Waals surface area contributed by atoms with Crippen molar-refractivity contribution in [2.45, 2.75) is 45.6 Å². The molecule has 0 saturated carbocycles. The minimum Gasteiger partial charge on any atom is -0.291 e. The lowest BCUT2D eigenvalue weighted by atomic mass is 10.1. The molecule has 1 atom stereocenters. The van der Waals surface area contributed by atoms with E-state index in [1.807, 2.05) is 19.9 Å². The average molecular weight is 303 g/mol. The normalized spacial score (nSPS) is 23.2. The van der Waals surface area contributed by atoms with Gasteiger partial charge in [-0.05, 0) is 45.8 Å². The van der Waals surface area contributed by atoms with Gasteiger partial charge < -0.3 is 0 Å². The molecule has 0 aromatic carbocycles. The minimum atomic E-state index is -0.341. The van der Waals surface area contributed by atoms with Gasteiger partial charge >= 0.3 is 0 Å².